The van der Waals surface area contributed by atoms with Gasteiger partial charge in [-0.2, -0.15) is 0 Å². The van der Waals surface area contributed by atoms with E-state index in [0.717, 1.165) is 18.6 Å². The van der Waals surface area contributed by atoms with Crippen molar-refractivity contribution < 1.29 is 14.3 Å². The highest BCUT2D eigenvalue weighted by atomic mass is 16.5. The van der Waals surface area contributed by atoms with Crippen LogP contribution in [-0.4, -0.2) is 29.9 Å². The maximum Gasteiger partial charge on any atom is 0.261 e. The largest absolute Gasteiger partial charge is 0.494 e. The minimum atomic E-state index is -0.190. The van der Waals surface area contributed by atoms with Gasteiger partial charge >= 0.3 is 0 Å². The fourth-order valence-electron chi connectivity index (χ4n) is 2.64. The van der Waals surface area contributed by atoms with Crippen molar-refractivity contribution in [3.8, 4) is 5.75 Å². The van der Waals surface area contributed by atoms with Crippen molar-refractivity contribution in [3.05, 3.63) is 65.2 Å². The first-order valence-electron chi connectivity index (χ1n) is 7.81. The van der Waals surface area contributed by atoms with E-state index in [9.17, 15) is 9.59 Å². The van der Waals surface area contributed by atoms with Gasteiger partial charge in [-0.25, -0.2) is 0 Å². The quantitative estimate of drug-likeness (QED) is 0.606. The van der Waals surface area contributed by atoms with Gasteiger partial charge in [0.1, 0.15) is 5.75 Å². The lowest BCUT2D eigenvalue weighted by Gasteiger charge is -2.13. The summed E-state index contributed by atoms with van der Waals surface area (Å²) in [5, 5.41) is 0. The molecule has 0 unspecified atom stereocenters. The van der Waals surface area contributed by atoms with Crippen molar-refractivity contribution >= 4 is 11.8 Å². The second-order valence-corrected chi connectivity index (χ2v) is 5.68. The number of ether oxygens (including phenoxy) is 1. The molecule has 2 amide bonds. The Morgan fingerprint density at radius 2 is 1.48 bits per heavy atom. The van der Waals surface area contributed by atoms with E-state index in [1.807, 2.05) is 31.2 Å². The fourth-order valence-corrected chi connectivity index (χ4v) is 2.64. The molecule has 2 aromatic carbocycles. The molecule has 0 radical (unpaired) electrons. The molecule has 0 N–H and O–H groups in total. The number of unbranched alkanes of at least 4 members (excludes halogenated alkanes) is 1. The molecule has 1 heterocycles. The summed E-state index contributed by atoms with van der Waals surface area (Å²) in [4.78, 5) is 25.7. The SMILES string of the molecule is Cc1ccc(OCCCCN2C(=O)c3ccccc3C2=O)cc1. The van der Waals surface area contributed by atoms with Gasteiger partial charge in [-0.05, 0) is 44.0 Å². The molecule has 0 bridgehead atoms. The number of hydrogen-bond acceptors (Lipinski definition) is 3. The molecule has 23 heavy (non-hydrogen) atoms. The summed E-state index contributed by atoms with van der Waals surface area (Å²) in [6, 6.07) is 14.9. The van der Waals surface area contributed by atoms with Crippen LogP contribution in [0.15, 0.2) is 48.5 Å². The number of carbonyl (C=O) groups excluding carboxylic acids is 2. The molecule has 118 valence electrons. The maximum atomic E-state index is 12.2. The molecule has 0 saturated carbocycles. The van der Waals surface area contributed by atoms with Crippen LogP contribution in [0.25, 0.3) is 0 Å². The van der Waals surface area contributed by atoms with Gasteiger partial charge in [0.05, 0.1) is 17.7 Å². The number of fused-ring (bicyclic) bond motifs is 1. The summed E-state index contributed by atoms with van der Waals surface area (Å²) < 4.78 is 5.65. The van der Waals surface area contributed by atoms with Crippen molar-refractivity contribution in [1.29, 1.82) is 0 Å². The average molecular weight is 309 g/mol. The van der Waals surface area contributed by atoms with E-state index < -0.39 is 0 Å². The number of rotatable bonds is 6. The van der Waals surface area contributed by atoms with Gasteiger partial charge < -0.3 is 4.74 Å². The van der Waals surface area contributed by atoms with Gasteiger partial charge in [-0.1, -0.05) is 29.8 Å². The molecule has 4 nitrogen and oxygen atoms in total. The van der Waals surface area contributed by atoms with Crippen LogP contribution < -0.4 is 4.74 Å². The summed E-state index contributed by atoms with van der Waals surface area (Å²) >= 11 is 0. The van der Waals surface area contributed by atoms with Gasteiger partial charge in [-0.3, -0.25) is 14.5 Å². The Bertz CT molecular complexity index is 687. The molecule has 0 aliphatic carbocycles. The third-order valence-corrected chi connectivity index (χ3v) is 3.94. The number of aryl methyl sites for hydroxylation is 1. The van der Waals surface area contributed by atoms with E-state index in [4.69, 9.17) is 4.74 Å². The van der Waals surface area contributed by atoms with Crippen LogP contribution >= 0.6 is 0 Å². The molecule has 0 saturated heterocycles. The molecule has 0 aromatic heterocycles. The highest BCUT2D eigenvalue weighted by Gasteiger charge is 2.34. The maximum absolute atomic E-state index is 12.2. The van der Waals surface area contributed by atoms with Crippen LogP contribution in [0.1, 0.15) is 39.1 Å². The van der Waals surface area contributed by atoms with Gasteiger partial charge in [0.2, 0.25) is 0 Å². The second kappa shape index (κ2) is 6.65. The number of nitrogens with zero attached hydrogens (tertiary/aromatic N) is 1. The predicted molar refractivity (Wildman–Crippen MR) is 87.7 cm³/mol. The van der Waals surface area contributed by atoms with E-state index in [0.29, 0.717) is 24.3 Å². The Labute approximate surface area is 135 Å². The average Bonchev–Trinajstić information content (AvgIpc) is 2.81. The van der Waals surface area contributed by atoms with Crippen molar-refractivity contribution in [2.75, 3.05) is 13.2 Å². The lowest BCUT2D eigenvalue weighted by molar-refractivity contribution is 0.0649. The molecule has 2 aromatic rings. The van der Waals surface area contributed by atoms with E-state index >= 15 is 0 Å². The van der Waals surface area contributed by atoms with Crippen LogP contribution in [-0.2, 0) is 0 Å². The second-order valence-electron chi connectivity index (χ2n) is 5.68. The highest BCUT2D eigenvalue weighted by molar-refractivity contribution is 6.21. The number of hydrogen-bond donors (Lipinski definition) is 0. The summed E-state index contributed by atoms with van der Waals surface area (Å²) in [7, 11) is 0. The van der Waals surface area contributed by atoms with Crippen LogP contribution in [0.5, 0.6) is 5.75 Å². The summed E-state index contributed by atoms with van der Waals surface area (Å²) in [6.07, 6.45) is 1.53. The molecule has 0 fully saturated rings. The zero-order chi connectivity index (χ0) is 16.2. The molecule has 3 rings (SSSR count). The van der Waals surface area contributed by atoms with E-state index in [2.05, 4.69) is 0 Å². The minimum absolute atomic E-state index is 0.190. The number of carbonyl (C=O) groups is 2. The number of imide groups is 1. The van der Waals surface area contributed by atoms with Gasteiger partial charge in [0.25, 0.3) is 11.8 Å². The first-order chi connectivity index (χ1) is 11.2. The third-order valence-electron chi connectivity index (χ3n) is 3.94. The zero-order valence-corrected chi connectivity index (χ0v) is 13.1. The lowest BCUT2D eigenvalue weighted by Crippen LogP contribution is -2.30. The minimum Gasteiger partial charge on any atom is -0.494 e. The van der Waals surface area contributed by atoms with E-state index in [-0.39, 0.29) is 11.8 Å². The van der Waals surface area contributed by atoms with Crippen molar-refractivity contribution in [3.63, 3.8) is 0 Å². The first kappa shape index (κ1) is 15.3. The molecule has 0 atom stereocenters. The zero-order valence-electron chi connectivity index (χ0n) is 13.1. The predicted octanol–water partition coefficient (Wildman–Crippen LogP) is 3.45. The number of benzene rings is 2. The van der Waals surface area contributed by atoms with Crippen LogP contribution in [0, 0.1) is 6.92 Å². The van der Waals surface area contributed by atoms with Crippen LogP contribution in [0.4, 0.5) is 0 Å². The molecular formula is C19H19NO3. The van der Waals surface area contributed by atoms with E-state index in [1.165, 1.54) is 10.5 Å². The van der Waals surface area contributed by atoms with Gasteiger partial charge in [0, 0.05) is 6.54 Å². The fraction of sp³-hybridized carbons (Fsp3) is 0.263. The van der Waals surface area contributed by atoms with Crippen molar-refractivity contribution in [2.24, 2.45) is 0 Å². The van der Waals surface area contributed by atoms with Crippen molar-refractivity contribution in [1.82, 2.24) is 4.90 Å². The molecule has 1 aliphatic rings. The molecular weight excluding hydrogens is 290 g/mol. The first-order valence-corrected chi connectivity index (χ1v) is 7.81. The summed E-state index contributed by atoms with van der Waals surface area (Å²) in [6.45, 7) is 3.04. The molecule has 4 heteroatoms. The number of amides is 2. The monoisotopic (exact) mass is 309 g/mol. The van der Waals surface area contributed by atoms with Crippen LogP contribution in [0.3, 0.4) is 0 Å². The van der Waals surface area contributed by atoms with Crippen molar-refractivity contribution in [2.45, 2.75) is 19.8 Å². The van der Waals surface area contributed by atoms with Gasteiger partial charge in [0.15, 0.2) is 0 Å². The topological polar surface area (TPSA) is 46.6 Å². The highest BCUT2D eigenvalue weighted by Crippen LogP contribution is 2.22. The smallest absolute Gasteiger partial charge is 0.261 e. The summed E-state index contributed by atoms with van der Waals surface area (Å²) in [5.74, 6) is 0.464. The normalized spacial score (nSPS) is 13.3. The Kier molecular flexibility index (Phi) is 4.42. The summed E-state index contributed by atoms with van der Waals surface area (Å²) in [5.41, 5.74) is 2.21. The lowest BCUT2D eigenvalue weighted by atomic mass is 10.1. The standard InChI is InChI=1S/C19H19NO3/c1-14-8-10-15(11-9-14)23-13-5-4-12-20-18(21)16-6-2-3-7-17(16)19(20)22/h2-3,6-11H,4-5,12-13H2,1H3. The van der Waals surface area contributed by atoms with E-state index in [1.54, 1.807) is 24.3 Å². The molecule has 0 spiro atoms. The Hall–Kier alpha value is -2.62. The van der Waals surface area contributed by atoms with Gasteiger partial charge in [-0.15, -0.1) is 0 Å². The third kappa shape index (κ3) is 3.26. The van der Waals surface area contributed by atoms with Crippen LogP contribution in [0.2, 0.25) is 0 Å². The Morgan fingerprint density at radius 3 is 2.09 bits per heavy atom. The Morgan fingerprint density at radius 1 is 0.870 bits per heavy atom. The Balaban J connectivity index is 1.46. The molecule has 1 aliphatic heterocycles.